The van der Waals surface area contributed by atoms with Crippen LogP contribution in [0.25, 0.3) is 0 Å². The maximum Gasteiger partial charge on any atom is 0.138 e. The van der Waals surface area contributed by atoms with Gasteiger partial charge in [-0.1, -0.05) is 19.1 Å². The van der Waals surface area contributed by atoms with Crippen LogP contribution in [0.1, 0.15) is 47.0 Å². The number of nitrogens with one attached hydrogen (secondary N) is 1. The summed E-state index contributed by atoms with van der Waals surface area (Å²) in [5, 5.41) is 3.29. The summed E-state index contributed by atoms with van der Waals surface area (Å²) in [6.07, 6.45) is 2.05. The monoisotopic (exact) mass is 197 g/mol. The lowest BCUT2D eigenvalue weighted by Gasteiger charge is -2.20. The topological polar surface area (TPSA) is 29.1 Å². The summed E-state index contributed by atoms with van der Waals surface area (Å²) < 4.78 is 0. The van der Waals surface area contributed by atoms with Crippen molar-refractivity contribution in [2.24, 2.45) is 0 Å². The van der Waals surface area contributed by atoms with Crippen molar-refractivity contribution in [3.8, 4) is 0 Å². The number of allylic oxidation sites excluding steroid dienone is 1. The Hall–Kier alpha value is -0.630. The number of hydrogen-bond donors (Lipinski definition) is 1. The predicted octanol–water partition coefficient (Wildman–Crippen LogP) is 2.69. The highest BCUT2D eigenvalue weighted by atomic mass is 16.1. The number of carbonyl (C=O) groups excluding carboxylic acids is 1. The molecule has 0 amide bonds. The number of rotatable bonds is 6. The molecule has 0 aromatic carbocycles. The van der Waals surface area contributed by atoms with Crippen LogP contribution in [0.4, 0.5) is 0 Å². The Morgan fingerprint density at radius 1 is 1.36 bits per heavy atom. The quantitative estimate of drug-likeness (QED) is 0.663. The lowest BCUT2D eigenvalue weighted by atomic mass is 10.1. The van der Waals surface area contributed by atoms with E-state index in [4.69, 9.17) is 0 Å². The zero-order valence-electron chi connectivity index (χ0n) is 9.94. The minimum atomic E-state index is 0.0993. The first-order valence-corrected chi connectivity index (χ1v) is 5.28. The normalized spacial score (nSPS) is 11.4. The Morgan fingerprint density at radius 3 is 2.36 bits per heavy atom. The van der Waals surface area contributed by atoms with Crippen molar-refractivity contribution in [2.75, 3.05) is 6.54 Å². The highest BCUT2D eigenvalue weighted by Gasteiger charge is 2.09. The molecule has 0 unspecified atom stereocenters. The van der Waals surface area contributed by atoms with E-state index in [2.05, 4.69) is 32.7 Å². The Morgan fingerprint density at radius 2 is 1.93 bits per heavy atom. The van der Waals surface area contributed by atoms with E-state index in [1.54, 1.807) is 0 Å². The maximum absolute atomic E-state index is 11.4. The first kappa shape index (κ1) is 13.4. The molecule has 0 aliphatic carbocycles. The molecule has 0 fully saturated rings. The highest BCUT2D eigenvalue weighted by Crippen LogP contribution is 2.05. The van der Waals surface area contributed by atoms with Gasteiger partial charge in [-0.15, -0.1) is 0 Å². The molecule has 0 rings (SSSR count). The molecule has 2 nitrogen and oxygen atoms in total. The average molecular weight is 197 g/mol. The van der Waals surface area contributed by atoms with Gasteiger partial charge in [-0.25, -0.2) is 0 Å². The summed E-state index contributed by atoms with van der Waals surface area (Å²) in [5.41, 5.74) is 1.13. The molecule has 0 aliphatic heterocycles. The first-order chi connectivity index (χ1) is 6.35. The molecule has 0 spiro atoms. The Kier molecular flexibility index (Phi) is 5.70. The van der Waals surface area contributed by atoms with Crippen molar-refractivity contribution in [1.82, 2.24) is 5.32 Å². The fourth-order valence-electron chi connectivity index (χ4n) is 1.07. The third-order valence-corrected chi connectivity index (χ3v) is 2.01. The fourth-order valence-corrected chi connectivity index (χ4v) is 1.07. The molecule has 0 aliphatic rings. The van der Waals surface area contributed by atoms with Crippen molar-refractivity contribution in [2.45, 2.75) is 52.5 Å². The van der Waals surface area contributed by atoms with Crippen LogP contribution in [0, 0.1) is 0 Å². The maximum atomic E-state index is 11.4. The molecule has 0 aromatic rings. The first-order valence-electron chi connectivity index (χ1n) is 5.28. The third kappa shape index (κ3) is 7.99. The van der Waals surface area contributed by atoms with Crippen molar-refractivity contribution < 1.29 is 4.79 Å². The van der Waals surface area contributed by atoms with Gasteiger partial charge in [0, 0.05) is 24.9 Å². The van der Waals surface area contributed by atoms with Crippen LogP contribution in [0.5, 0.6) is 0 Å². The summed E-state index contributed by atoms with van der Waals surface area (Å²) >= 11 is 0. The molecule has 14 heavy (non-hydrogen) atoms. The molecule has 0 heterocycles. The SMILES string of the molecule is C=C(CC)CC(=O)CCNC(C)(C)C. The van der Waals surface area contributed by atoms with Crippen LogP contribution in [-0.2, 0) is 4.79 Å². The number of ketones is 1. The van der Waals surface area contributed by atoms with E-state index in [0.717, 1.165) is 18.5 Å². The summed E-state index contributed by atoms with van der Waals surface area (Å²) in [6.45, 7) is 12.9. The van der Waals surface area contributed by atoms with Crippen LogP contribution in [0.15, 0.2) is 12.2 Å². The zero-order valence-corrected chi connectivity index (χ0v) is 9.94. The largest absolute Gasteiger partial charge is 0.312 e. The smallest absolute Gasteiger partial charge is 0.138 e. The summed E-state index contributed by atoms with van der Waals surface area (Å²) in [7, 11) is 0. The molecular formula is C12H23NO. The highest BCUT2D eigenvalue weighted by molar-refractivity contribution is 5.80. The molecule has 0 saturated carbocycles. The Bertz CT molecular complexity index is 201. The Balaban J connectivity index is 3.60. The lowest BCUT2D eigenvalue weighted by molar-refractivity contribution is -0.118. The van der Waals surface area contributed by atoms with Crippen LogP contribution in [0.2, 0.25) is 0 Å². The number of carbonyl (C=O) groups is 1. The van der Waals surface area contributed by atoms with Gasteiger partial charge in [-0.2, -0.15) is 0 Å². The van der Waals surface area contributed by atoms with E-state index in [9.17, 15) is 4.79 Å². The minimum absolute atomic E-state index is 0.0993. The van der Waals surface area contributed by atoms with Gasteiger partial charge in [0.15, 0.2) is 0 Å². The predicted molar refractivity (Wildman–Crippen MR) is 61.4 cm³/mol. The van der Waals surface area contributed by atoms with Crippen molar-refractivity contribution in [3.63, 3.8) is 0 Å². The van der Waals surface area contributed by atoms with E-state index in [1.807, 2.05) is 6.92 Å². The van der Waals surface area contributed by atoms with Gasteiger partial charge in [0.25, 0.3) is 0 Å². The van der Waals surface area contributed by atoms with E-state index < -0.39 is 0 Å². The van der Waals surface area contributed by atoms with Crippen molar-refractivity contribution in [3.05, 3.63) is 12.2 Å². The van der Waals surface area contributed by atoms with Crippen LogP contribution < -0.4 is 5.32 Å². The van der Waals surface area contributed by atoms with Gasteiger partial charge < -0.3 is 5.32 Å². The molecule has 0 radical (unpaired) electrons. The summed E-state index contributed by atoms with van der Waals surface area (Å²) in [5.74, 6) is 0.286. The standard InChI is InChI=1S/C12H23NO/c1-6-10(2)9-11(14)7-8-13-12(3,4)5/h13H,2,6-9H2,1,3-5H3. The summed E-state index contributed by atoms with van der Waals surface area (Å²) in [6, 6.07) is 0. The molecule has 1 N–H and O–H groups in total. The average Bonchev–Trinajstić information content (AvgIpc) is 2.01. The number of Topliss-reactive ketones (excluding diaryl/α,β-unsaturated/α-hetero) is 1. The van der Waals surface area contributed by atoms with E-state index in [-0.39, 0.29) is 11.3 Å². The number of hydrogen-bond acceptors (Lipinski definition) is 2. The fraction of sp³-hybridized carbons (Fsp3) is 0.750. The van der Waals surface area contributed by atoms with E-state index in [1.165, 1.54) is 0 Å². The molecular weight excluding hydrogens is 174 g/mol. The van der Waals surface area contributed by atoms with Gasteiger partial charge in [-0.05, 0) is 27.2 Å². The summed E-state index contributed by atoms with van der Waals surface area (Å²) in [4.78, 5) is 11.4. The molecule has 0 aromatic heterocycles. The Labute approximate surface area is 87.8 Å². The van der Waals surface area contributed by atoms with Crippen LogP contribution in [0.3, 0.4) is 0 Å². The van der Waals surface area contributed by atoms with E-state index in [0.29, 0.717) is 12.8 Å². The molecule has 0 saturated heterocycles. The third-order valence-electron chi connectivity index (χ3n) is 2.01. The van der Waals surface area contributed by atoms with Crippen molar-refractivity contribution >= 4 is 5.78 Å². The van der Waals surface area contributed by atoms with Gasteiger partial charge >= 0.3 is 0 Å². The van der Waals surface area contributed by atoms with Crippen LogP contribution >= 0.6 is 0 Å². The van der Waals surface area contributed by atoms with Crippen molar-refractivity contribution in [1.29, 1.82) is 0 Å². The zero-order chi connectivity index (χ0) is 11.2. The minimum Gasteiger partial charge on any atom is -0.312 e. The van der Waals surface area contributed by atoms with Gasteiger partial charge in [0.05, 0.1) is 0 Å². The lowest BCUT2D eigenvalue weighted by Crippen LogP contribution is -2.37. The van der Waals surface area contributed by atoms with Gasteiger partial charge in [-0.3, -0.25) is 4.79 Å². The second-order valence-electron chi connectivity index (χ2n) is 4.75. The van der Waals surface area contributed by atoms with Gasteiger partial charge in [0.1, 0.15) is 5.78 Å². The second kappa shape index (κ2) is 5.97. The van der Waals surface area contributed by atoms with Crippen LogP contribution in [-0.4, -0.2) is 17.9 Å². The van der Waals surface area contributed by atoms with Gasteiger partial charge in [0.2, 0.25) is 0 Å². The molecule has 0 atom stereocenters. The van der Waals surface area contributed by atoms with E-state index >= 15 is 0 Å². The molecule has 0 bridgehead atoms. The second-order valence-corrected chi connectivity index (χ2v) is 4.75. The molecule has 2 heteroatoms. The molecule has 82 valence electrons.